The van der Waals surface area contributed by atoms with E-state index in [4.69, 9.17) is 5.73 Å². The Morgan fingerprint density at radius 1 is 1.61 bits per heavy atom. The van der Waals surface area contributed by atoms with Gasteiger partial charge in [-0.1, -0.05) is 0 Å². The standard InChI is InChI=1S/C12H14N4OS/c13-7-3-4-8-10(6-7)18-12(15-8)16-11(17)9-2-1-5-14-9/h1-2,5,7,14H,3-4,6,13H2,(H,15,16,17)/t7-/m0/s1. The number of aromatic amines is 1. The maximum Gasteiger partial charge on any atom is 0.273 e. The molecule has 0 unspecified atom stereocenters. The van der Waals surface area contributed by atoms with Gasteiger partial charge in [0.2, 0.25) is 0 Å². The number of nitrogens with one attached hydrogen (secondary N) is 2. The molecule has 4 N–H and O–H groups in total. The largest absolute Gasteiger partial charge is 0.357 e. The zero-order valence-corrected chi connectivity index (χ0v) is 10.6. The lowest BCUT2D eigenvalue weighted by atomic mass is 9.99. The normalized spacial score (nSPS) is 18.4. The fourth-order valence-corrected chi connectivity index (χ4v) is 3.19. The number of amides is 1. The molecular formula is C12H14N4OS. The number of carbonyl (C=O) groups is 1. The van der Waals surface area contributed by atoms with Gasteiger partial charge in [0, 0.05) is 17.1 Å². The van der Waals surface area contributed by atoms with Crippen molar-refractivity contribution >= 4 is 22.4 Å². The summed E-state index contributed by atoms with van der Waals surface area (Å²) in [5.74, 6) is -0.157. The van der Waals surface area contributed by atoms with Crippen molar-refractivity contribution in [2.75, 3.05) is 5.32 Å². The van der Waals surface area contributed by atoms with Gasteiger partial charge in [0.25, 0.3) is 5.91 Å². The van der Waals surface area contributed by atoms with Gasteiger partial charge < -0.3 is 10.7 Å². The molecule has 0 radical (unpaired) electrons. The molecule has 0 spiro atoms. The van der Waals surface area contributed by atoms with Crippen LogP contribution < -0.4 is 11.1 Å². The Hall–Kier alpha value is -1.66. The first-order valence-corrected chi connectivity index (χ1v) is 6.73. The number of hydrogen-bond acceptors (Lipinski definition) is 4. The van der Waals surface area contributed by atoms with Gasteiger partial charge in [-0.2, -0.15) is 0 Å². The van der Waals surface area contributed by atoms with E-state index < -0.39 is 0 Å². The molecule has 2 aromatic heterocycles. The van der Waals surface area contributed by atoms with E-state index in [1.807, 2.05) is 0 Å². The maximum absolute atomic E-state index is 11.9. The average Bonchev–Trinajstić information content (AvgIpc) is 2.95. The molecule has 2 aromatic rings. The van der Waals surface area contributed by atoms with E-state index in [2.05, 4.69) is 15.3 Å². The second-order valence-corrected chi connectivity index (χ2v) is 5.51. The van der Waals surface area contributed by atoms with Crippen LogP contribution in [0.2, 0.25) is 0 Å². The van der Waals surface area contributed by atoms with Crippen molar-refractivity contribution in [1.82, 2.24) is 9.97 Å². The number of carbonyl (C=O) groups excluding carboxylic acids is 1. The molecule has 1 amide bonds. The summed E-state index contributed by atoms with van der Waals surface area (Å²) in [6.07, 6.45) is 4.47. The number of nitrogens with zero attached hydrogens (tertiary/aromatic N) is 1. The SMILES string of the molecule is N[C@H]1CCc2nc(NC(=O)c3ccc[nH]3)sc2C1. The highest BCUT2D eigenvalue weighted by Crippen LogP contribution is 2.29. The van der Waals surface area contributed by atoms with E-state index in [1.165, 1.54) is 16.2 Å². The van der Waals surface area contributed by atoms with E-state index in [1.54, 1.807) is 18.3 Å². The van der Waals surface area contributed by atoms with Gasteiger partial charge in [0.1, 0.15) is 5.69 Å². The van der Waals surface area contributed by atoms with Crippen LogP contribution in [0.1, 0.15) is 27.5 Å². The number of anilines is 1. The van der Waals surface area contributed by atoms with Gasteiger partial charge in [0.15, 0.2) is 5.13 Å². The van der Waals surface area contributed by atoms with Crippen LogP contribution in [0, 0.1) is 0 Å². The predicted octanol–water partition coefficient (Wildman–Crippen LogP) is 1.54. The molecule has 0 saturated heterocycles. The monoisotopic (exact) mass is 262 g/mol. The molecule has 6 heteroatoms. The smallest absolute Gasteiger partial charge is 0.273 e. The number of fused-ring (bicyclic) bond motifs is 1. The van der Waals surface area contributed by atoms with Crippen molar-refractivity contribution in [3.63, 3.8) is 0 Å². The van der Waals surface area contributed by atoms with Crippen molar-refractivity contribution in [2.45, 2.75) is 25.3 Å². The number of aryl methyl sites for hydroxylation is 1. The Labute approximate surface area is 108 Å². The van der Waals surface area contributed by atoms with Crippen molar-refractivity contribution in [3.8, 4) is 0 Å². The highest BCUT2D eigenvalue weighted by Gasteiger charge is 2.20. The summed E-state index contributed by atoms with van der Waals surface area (Å²) in [6.45, 7) is 0. The van der Waals surface area contributed by atoms with Gasteiger partial charge in [0.05, 0.1) is 5.69 Å². The van der Waals surface area contributed by atoms with E-state index >= 15 is 0 Å². The van der Waals surface area contributed by atoms with E-state index in [9.17, 15) is 4.79 Å². The van der Waals surface area contributed by atoms with Crippen LogP contribution in [-0.2, 0) is 12.8 Å². The summed E-state index contributed by atoms with van der Waals surface area (Å²) in [5, 5.41) is 3.47. The molecule has 1 atom stereocenters. The molecule has 1 aliphatic carbocycles. The zero-order valence-electron chi connectivity index (χ0n) is 9.77. The number of thiazole rings is 1. The third-order valence-corrected chi connectivity index (χ3v) is 4.08. The minimum atomic E-state index is -0.157. The summed E-state index contributed by atoms with van der Waals surface area (Å²) in [6, 6.07) is 3.75. The molecule has 0 fully saturated rings. The lowest BCUT2D eigenvalue weighted by Crippen LogP contribution is -2.27. The highest BCUT2D eigenvalue weighted by atomic mass is 32.1. The zero-order chi connectivity index (χ0) is 12.5. The Kier molecular flexibility index (Phi) is 2.89. The molecule has 0 aliphatic heterocycles. The quantitative estimate of drug-likeness (QED) is 0.767. The molecule has 1 aliphatic rings. The Bertz CT molecular complexity index is 561. The maximum atomic E-state index is 11.9. The van der Waals surface area contributed by atoms with E-state index in [0.717, 1.165) is 25.0 Å². The second-order valence-electron chi connectivity index (χ2n) is 4.43. The Morgan fingerprint density at radius 3 is 3.28 bits per heavy atom. The molecule has 0 saturated carbocycles. The molecule has 94 valence electrons. The molecular weight excluding hydrogens is 248 g/mol. The number of hydrogen-bond donors (Lipinski definition) is 3. The molecule has 3 rings (SSSR count). The van der Waals surface area contributed by atoms with Crippen LogP contribution in [0.15, 0.2) is 18.3 Å². The minimum Gasteiger partial charge on any atom is -0.357 e. The molecule has 5 nitrogen and oxygen atoms in total. The van der Waals surface area contributed by atoms with Gasteiger partial charge in [-0.05, 0) is 31.4 Å². The van der Waals surface area contributed by atoms with Gasteiger partial charge in [-0.15, -0.1) is 11.3 Å². The van der Waals surface area contributed by atoms with Crippen LogP contribution in [0.25, 0.3) is 0 Å². The lowest BCUT2D eigenvalue weighted by molar-refractivity contribution is 0.102. The lowest BCUT2D eigenvalue weighted by Gasteiger charge is -2.15. The molecule has 2 heterocycles. The Balaban J connectivity index is 1.76. The van der Waals surface area contributed by atoms with E-state index in [-0.39, 0.29) is 11.9 Å². The Morgan fingerprint density at radius 2 is 2.50 bits per heavy atom. The highest BCUT2D eigenvalue weighted by molar-refractivity contribution is 7.15. The first-order valence-electron chi connectivity index (χ1n) is 5.91. The first kappa shape index (κ1) is 11.4. The summed E-state index contributed by atoms with van der Waals surface area (Å²) < 4.78 is 0. The molecule has 0 aromatic carbocycles. The van der Waals surface area contributed by atoms with Gasteiger partial charge >= 0.3 is 0 Å². The molecule has 0 bridgehead atoms. The summed E-state index contributed by atoms with van der Waals surface area (Å²) in [5.41, 5.74) is 7.55. The third kappa shape index (κ3) is 2.16. The van der Waals surface area contributed by atoms with Crippen molar-refractivity contribution in [1.29, 1.82) is 0 Å². The van der Waals surface area contributed by atoms with Gasteiger partial charge in [-0.3, -0.25) is 10.1 Å². The number of H-pyrrole nitrogens is 1. The predicted molar refractivity (Wildman–Crippen MR) is 70.9 cm³/mol. The fraction of sp³-hybridized carbons (Fsp3) is 0.333. The third-order valence-electron chi connectivity index (χ3n) is 3.04. The van der Waals surface area contributed by atoms with Crippen LogP contribution in [0.3, 0.4) is 0 Å². The minimum absolute atomic E-state index is 0.157. The van der Waals surface area contributed by atoms with Crippen LogP contribution >= 0.6 is 11.3 Å². The van der Waals surface area contributed by atoms with E-state index in [0.29, 0.717) is 10.8 Å². The van der Waals surface area contributed by atoms with Crippen molar-refractivity contribution in [2.24, 2.45) is 5.73 Å². The van der Waals surface area contributed by atoms with Crippen molar-refractivity contribution in [3.05, 3.63) is 34.6 Å². The number of aromatic nitrogens is 2. The average molecular weight is 262 g/mol. The van der Waals surface area contributed by atoms with Crippen LogP contribution in [-0.4, -0.2) is 21.9 Å². The number of nitrogens with two attached hydrogens (primary N) is 1. The summed E-state index contributed by atoms with van der Waals surface area (Å²) >= 11 is 1.53. The van der Waals surface area contributed by atoms with Crippen LogP contribution in [0.4, 0.5) is 5.13 Å². The number of rotatable bonds is 2. The van der Waals surface area contributed by atoms with Crippen LogP contribution in [0.5, 0.6) is 0 Å². The molecule has 18 heavy (non-hydrogen) atoms. The first-order chi connectivity index (χ1) is 8.72. The van der Waals surface area contributed by atoms with Gasteiger partial charge in [-0.25, -0.2) is 4.98 Å². The summed E-state index contributed by atoms with van der Waals surface area (Å²) in [7, 11) is 0. The summed E-state index contributed by atoms with van der Waals surface area (Å²) in [4.78, 5) is 20.4. The fourth-order valence-electron chi connectivity index (χ4n) is 2.09. The van der Waals surface area contributed by atoms with Crippen molar-refractivity contribution < 1.29 is 4.79 Å². The second kappa shape index (κ2) is 4.55. The topological polar surface area (TPSA) is 83.8 Å².